The summed E-state index contributed by atoms with van der Waals surface area (Å²) < 4.78 is 9.20. The first-order valence-corrected chi connectivity index (χ1v) is 9.48. The van der Waals surface area contributed by atoms with Gasteiger partial charge in [-0.15, -0.1) is 0 Å². The number of carboxylic acids is 2. The maximum atomic E-state index is 11.1. The van der Waals surface area contributed by atoms with Crippen molar-refractivity contribution >= 4 is 29.8 Å². The molecule has 29 heavy (non-hydrogen) atoms. The first kappa shape index (κ1) is 28.7. The molecule has 0 aliphatic heterocycles. The summed E-state index contributed by atoms with van der Waals surface area (Å²) in [6.45, 7) is 7.09. The van der Waals surface area contributed by atoms with E-state index in [1.165, 1.54) is 0 Å². The Morgan fingerprint density at radius 2 is 1.28 bits per heavy atom. The topological polar surface area (TPSA) is 164 Å². The number of esters is 3. The minimum Gasteiger partial charge on any atom is -0.481 e. The second-order valence-corrected chi connectivity index (χ2v) is 6.68. The SMILES string of the molecule is CC(C)OC(=O)CC(O)(CC(=O)O)C(=O)O.CCCCC(=O)OC(=O)CCCC. The van der Waals surface area contributed by atoms with Gasteiger partial charge in [-0.3, -0.25) is 19.2 Å². The van der Waals surface area contributed by atoms with Crippen molar-refractivity contribution in [1.82, 2.24) is 0 Å². The third-order valence-electron chi connectivity index (χ3n) is 3.34. The molecule has 0 saturated carbocycles. The van der Waals surface area contributed by atoms with Gasteiger partial charge in [0.25, 0.3) is 0 Å². The van der Waals surface area contributed by atoms with E-state index >= 15 is 0 Å². The van der Waals surface area contributed by atoms with Crippen LogP contribution in [-0.4, -0.2) is 56.9 Å². The smallest absolute Gasteiger partial charge is 0.336 e. The molecular formula is C19H32O10. The molecule has 0 heterocycles. The molecule has 0 aromatic heterocycles. The molecule has 0 aromatic carbocycles. The highest BCUT2D eigenvalue weighted by molar-refractivity contribution is 5.88. The van der Waals surface area contributed by atoms with Crippen LogP contribution in [0.3, 0.4) is 0 Å². The lowest BCUT2D eigenvalue weighted by Crippen LogP contribution is -2.43. The molecule has 0 saturated heterocycles. The van der Waals surface area contributed by atoms with E-state index in [0.717, 1.165) is 25.7 Å². The van der Waals surface area contributed by atoms with Gasteiger partial charge in [0.1, 0.15) is 0 Å². The van der Waals surface area contributed by atoms with Crippen LogP contribution in [-0.2, 0) is 33.4 Å². The number of hydrogen-bond acceptors (Lipinski definition) is 8. The standard InChI is InChI=1S/C10H18O3.C9H14O7/c1-3-5-7-9(11)13-10(12)8-6-4-2;1-5(2)16-7(12)4-9(15,8(13)14)3-6(10)11/h3-8H2,1-2H3;5,15H,3-4H2,1-2H3,(H,10,11)(H,13,14). The molecule has 0 bridgehead atoms. The lowest BCUT2D eigenvalue weighted by atomic mass is 9.96. The average Bonchev–Trinajstić information content (AvgIpc) is 2.56. The molecule has 0 spiro atoms. The van der Waals surface area contributed by atoms with E-state index in [0.29, 0.717) is 12.8 Å². The van der Waals surface area contributed by atoms with E-state index in [2.05, 4.69) is 9.47 Å². The summed E-state index contributed by atoms with van der Waals surface area (Å²) in [5, 5.41) is 26.5. The maximum Gasteiger partial charge on any atom is 0.336 e. The molecule has 0 aliphatic rings. The van der Waals surface area contributed by atoms with Crippen molar-refractivity contribution in [1.29, 1.82) is 0 Å². The third-order valence-corrected chi connectivity index (χ3v) is 3.34. The van der Waals surface area contributed by atoms with Gasteiger partial charge in [-0.05, 0) is 26.7 Å². The molecule has 10 nitrogen and oxygen atoms in total. The maximum absolute atomic E-state index is 11.1. The fraction of sp³-hybridized carbons (Fsp3) is 0.737. The van der Waals surface area contributed by atoms with Crippen LogP contribution in [0.2, 0.25) is 0 Å². The van der Waals surface area contributed by atoms with Crippen LogP contribution in [0.1, 0.15) is 79.1 Å². The van der Waals surface area contributed by atoms with Crippen LogP contribution in [0.15, 0.2) is 0 Å². The van der Waals surface area contributed by atoms with Crippen LogP contribution in [0, 0.1) is 0 Å². The normalized spacial score (nSPS) is 12.2. The Bertz CT molecular complexity index is 537. The highest BCUT2D eigenvalue weighted by atomic mass is 16.6. The zero-order valence-corrected chi connectivity index (χ0v) is 17.4. The van der Waals surface area contributed by atoms with E-state index in [1.807, 2.05) is 13.8 Å². The number of aliphatic carboxylic acids is 2. The molecule has 1 unspecified atom stereocenters. The summed E-state index contributed by atoms with van der Waals surface area (Å²) in [6, 6.07) is 0. The zero-order valence-electron chi connectivity index (χ0n) is 17.4. The van der Waals surface area contributed by atoms with Crippen LogP contribution in [0.5, 0.6) is 0 Å². The molecule has 0 aliphatic carbocycles. The Labute approximate surface area is 170 Å². The summed E-state index contributed by atoms with van der Waals surface area (Å²) in [7, 11) is 0. The fourth-order valence-electron chi connectivity index (χ4n) is 1.88. The van der Waals surface area contributed by atoms with Gasteiger partial charge in [0, 0.05) is 12.8 Å². The number of carbonyl (C=O) groups is 5. The minimum absolute atomic E-state index is 0.356. The number of carbonyl (C=O) groups excluding carboxylic acids is 3. The Morgan fingerprint density at radius 3 is 1.59 bits per heavy atom. The van der Waals surface area contributed by atoms with Gasteiger partial charge in [0.2, 0.25) is 0 Å². The number of unbranched alkanes of at least 4 members (excludes halogenated alkanes) is 2. The van der Waals surface area contributed by atoms with Crippen LogP contribution < -0.4 is 0 Å². The molecule has 0 radical (unpaired) electrons. The highest BCUT2D eigenvalue weighted by Gasteiger charge is 2.41. The number of hydrogen-bond donors (Lipinski definition) is 3. The van der Waals surface area contributed by atoms with Crippen molar-refractivity contribution in [2.75, 3.05) is 0 Å². The molecule has 0 aromatic rings. The lowest BCUT2D eigenvalue weighted by molar-refractivity contribution is -0.173. The molecular weight excluding hydrogens is 388 g/mol. The van der Waals surface area contributed by atoms with Gasteiger partial charge in [-0.25, -0.2) is 4.79 Å². The summed E-state index contributed by atoms with van der Waals surface area (Å²) in [6.07, 6.45) is 1.76. The van der Waals surface area contributed by atoms with Crippen LogP contribution in [0.25, 0.3) is 0 Å². The fourth-order valence-corrected chi connectivity index (χ4v) is 1.88. The van der Waals surface area contributed by atoms with Crippen molar-refractivity contribution in [3.8, 4) is 0 Å². The first-order valence-electron chi connectivity index (χ1n) is 9.48. The molecule has 168 valence electrons. The van der Waals surface area contributed by atoms with Gasteiger partial charge in [-0.1, -0.05) is 26.7 Å². The quantitative estimate of drug-likeness (QED) is 0.314. The Morgan fingerprint density at radius 1 is 0.828 bits per heavy atom. The molecule has 0 rings (SSSR count). The van der Waals surface area contributed by atoms with E-state index in [4.69, 9.17) is 10.2 Å². The number of rotatable bonds is 12. The van der Waals surface area contributed by atoms with E-state index in [-0.39, 0.29) is 11.9 Å². The van der Waals surface area contributed by atoms with Crippen LogP contribution in [0.4, 0.5) is 0 Å². The molecule has 0 amide bonds. The van der Waals surface area contributed by atoms with Crippen molar-refractivity contribution < 1.29 is 48.8 Å². The summed E-state index contributed by atoms with van der Waals surface area (Å²) in [5.74, 6) is -5.01. The van der Waals surface area contributed by atoms with E-state index < -0.39 is 42.5 Å². The number of aliphatic hydroxyl groups is 1. The molecule has 0 fully saturated rings. The zero-order chi connectivity index (χ0) is 23.0. The molecule has 3 N–H and O–H groups in total. The Hall–Kier alpha value is -2.49. The summed E-state index contributed by atoms with van der Waals surface area (Å²) in [4.78, 5) is 54.0. The highest BCUT2D eigenvalue weighted by Crippen LogP contribution is 2.17. The van der Waals surface area contributed by atoms with Gasteiger partial charge < -0.3 is 24.8 Å². The number of ether oxygens (including phenoxy) is 2. The van der Waals surface area contributed by atoms with Gasteiger partial charge in [-0.2, -0.15) is 0 Å². The minimum atomic E-state index is -2.63. The predicted octanol–water partition coefficient (Wildman–Crippen LogP) is 2.06. The third kappa shape index (κ3) is 16.2. The van der Waals surface area contributed by atoms with E-state index in [9.17, 15) is 29.1 Å². The Kier molecular flexibility index (Phi) is 15.3. The van der Waals surface area contributed by atoms with Gasteiger partial charge in [0.15, 0.2) is 5.60 Å². The second-order valence-electron chi connectivity index (χ2n) is 6.68. The van der Waals surface area contributed by atoms with Crippen molar-refractivity contribution in [2.45, 2.75) is 90.8 Å². The Balaban J connectivity index is 0. The van der Waals surface area contributed by atoms with E-state index in [1.54, 1.807) is 13.8 Å². The molecule has 1 atom stereocenters. The monoisotopic (exact) mass is 420 g/mol. The average molecular weight is 420 g/mol. The largest absolute Gasteiger partial charge is 0.481 e. The van der Waals surface area contributed by atoms with Crippen molar-refractivity contribution in [3.63, 3.8) is 0 Å². The number of carboxylic acid groups (broad SMARTS) is 2. The summed E-state index contributed by atoms with van der Waals surface area (Å²) >= 11 is 0. The second kappa shape index (κ2) is 15.4. The van der Waals surface area contributed by atoms with Gasteiger partial charge in [0.05, 0.1) is 18.9 Å². The lowest BCUT2D eigenvalue weighted by Gasteiger charge is -2.20. The molecule has 10 heteroatoms. The summed E-state index contributed by atoms with van der Waals surface area (Å²) in [5.41, 5.74) is -2.63. The first-order chi connectivity index (χ1) is 13.4. The van der Waals surface area contributed by atoms with Gasteiger partial charge >= 0.3 is 29.8 Å². The van der Waals surface area contributed by atoms with Crippen molar-refractivity contribution in [2.24, 2.45) is 0 Å². The van der Waals surface area contributed by atoms with Crippen LogP contribution >= 0.6 is 0 Å². The van der Waals surface area contributed by atoms with Crippen molar-refractivity contribution in [3.05, 3.63) is 0 Å². The predicted molar refractivity (Wildman–Crippen MR) is 101 cm³/mol.